The van der Waals surface area contributed by atoms with Crippen molar-refractivity contribution in [3.8, 4) is 0 Å². The molecule has 1 aromatic heterocycles. The first-order valence-corrected chi connectivity index (χ1v) is 7.31. The highest BCUT2D eigenvalue weighted by atomic mass is 35.5. The molecule has 23 heavy (non-hydrogen) atoms. The molecule has 0 saturated carbocycles. The zero-order chi connectivity index (χ0) is 17.2. The number of thiazole rings is 1. The van der Waals surface area contributed by atoms with Crippen molar-refractivity contribution < 1.29 is 23.2 Å². The number of nitrogens with one attached hydrogen (secondary N) is 1. The van der Waals surface area contributed by atoms with Crippen LogP contribution in [0, 0.1) is 10.1 Å². The third-order valence-corrected chi connectivity index (χ3v) is 3.99. The van der Waals surface area contributed by atoms with Crippen LogP contribution in [0.5, 0.6) is 0 Å². The van der Waals surface area contributed by atoms with Gasteiger partial charge in [0.25, 0.3) is 5.69 Å². The number of aliphatic hydroxyl groups excluding tert-OH is 1. The van der Waals surface area contributed by atoms with Gasteiger partial charge in [0.05, 0.1) is 34.4 Å². The Morgan fingerprint density at radius 1 is 1.43 bits per heavy atom. The van der Waals surface area contributed by atoms with E-state index < -0.39 is 27.4 Å². The summed E-state index contributed by atoms with van der Waals surface area (Å²) in [6.07, 6.45) is -4.79. The second-order valence-electron chi connectivity index (χ2n) is 4.35. The Kier molecular flexibility index (Phi) is 5.07. The van der Waals surface area contributed by atoms with Crippen LogP contribution < -0.4 is 5.32 Å². The van der Waals surface area contributed by atoms with Crippen LogP contribution in [0.25, 0.3) is 0 Å². The van der Waals surface area contributed by atoms with Crippen molar-refractivity contribution in [2.45, 2.75) is 19.3 Å². The van der Waals surface area contributed by atoms with Gasteiger partial charge in [-0.05, 0) is 6.07 Å². The van der Waals surface area contributed by atoms with Gasteiger partial charge in [-0.1, -0.05) is 11.6 Å². The second-order valence-corrected chi connectivity index (χ2v) is 5.70. The minimum atomic E-state index is -4.79. The molecular formula is C12H9ClF3N3O3S. The first kappa shape index (κ1) is 17.4. The van der Waals surface area contributed by atoms with Crippen LogP contribution in [-0.2, 0) is 19.3 Å². The summed E-state index contributed by atoms with van der Waals surface area (Å²) in [6.45, 7) is -0.198. The van der Waals surface area contributed by atoms with E-state index in [9.17, 15) is 23.3 Å². The Balaban J connectivity index is 2.30. The minimum Gasteiger partial charge on any atom is -0.390 e. The monoisotopic (exact) mass is 367 g/mol. The van der Waals surface area contributed by atoms with Gasteiger partial charge in [-0.3, -0.25) is 10.1 Å². The fourth-order valence-corrected chi connectivity index (χ4v) is 2.74. The number of nitro benzene ring substituents is 1. The lowest BCUT2D eigenvalue weighted by Gasteiger charge is -2.12. The lowest BCUT2D eigenvalue weighted by molar-refractivity contribution is -0.384. The minimum absolute atomic E-state index is 0.0488. The molecule has 0 aliphatic carbocycles. The fourth-order valence-electron chi connectivity index (χ4n) is 1.75. The number of hydrogen-bond acceptors (Lipinski definition) is 6. The van der Waals surface area contributed by atoms with Crippen LogP contribution in [0.1, 0.15) is 16.3 Å². The van der Waals surface area contributed by atoms with Crippen molar-refractivity contribution in [2.75, 3.05) is 5.32 Å². The molecule has 2 N–H and O–H groups in total. The van der Waals surface area contributed by atoms with E-state index >= 15 is 0 Å². The normalized spacial score (nSPS) is 11.5. The number of anilines is 1. The largest absolute Gasteiger partial charge is 0.418 e. The molecule has 1 aromatic carbocycles. The Bertz CT molecular complexity index is 736. The molecule has 2 rings (SSSR count). The number of benzene rings is 1. The molecule has 0 spiro atoms. The quantitative estimate of drug-likeness (QED) is 0.619. The summed E-state index contributed by atoms with van der Waals surface area (Å²) in [5.74, 6) is 0. The zero-order valence-corrected chi connectivity index (χ0v) is 12.8. The molecule has 0 unspecified atom stereocenters. The maximum absolute atomic E-state index is 12.8. The van der Waals surface area contributed by atoms with Gasteiger partial charge >= 0.3 is 6.18 Å². The fraction of sp³-hybridized carbons (Fsp3) is 0.250. The topological polar surface area (TPSA) is 88.3 Å². The Labute approximate surface area is 136 Å². The molecule has 11 heteroatoms. The Morgan fingerprint density at radius 3 is 2.65 bits per heavy atom. The summed E-state index contributed by atoms with van der Waals surface area (Å²) in [5.41, 5.74) is -1.71. The van der Waals surface area contributed by atoms with Gasteiger partial charge in [-0.15, -0.1) is 11.3 Å². The third kappa shape index (κ3) is 4.09. The average molecular weight is 368 g/mol. The maximum Gasteiger partial charge on any atom is 0.418 e. The van der Waals surface area contributed by atoms with Crippen molar-refractivity contribution in [3.63, 3.8) is 0 Å². The van der Waals surface area contributed by atoms with E-state index in [2.05, 4.69) is 10.3 Å². The molecule has 0 saturated heterocycles. The molecule has 0 amide bonds. The molecule has 0 radical (unpaired) electrons. The lowest BCUT2D eigenvalue weighted by Crippen LogP contribution is -2.09. The second kappa shape index (κ2) is 6.69. The van der Waals surface area contributed by atoms with E-state index in [0.717, 1.165) is 6.07 Å². The van der Waals surface area contributed by atoms with Gasteiger partial charge in [0.1, 0.15) is 10.7 Å². The molecule has 2 aromatic rings. The SMILES string of the molecule is O=[N+]([O-])c1cc(C(F)(F)F)c(Cl)cc1NCc1nc(CO)cs1. The maximum atomic E-state index is 12.8. The number of nitrogens with zero attached hydrogens (tertiary/aromatic N) is 2. The highest BCUT2D eigenvalue weighted by Crippen LogP contribution is 2.40. The predicted molar refractivity (Wildman–Crippen MR) is 78.5 cm³/mol. The molecule has 0 atom stereocenters. The summed E-state index contributed by atoms with van der Waals surface area (Å²) in [5, 5.41) is 24.0. The number of rotatable bonds is 5. The molecule has 6 nitrogen and oxygen atoms in total. The first-order valence-electron chi connectivity index (χ1n) is 6.05. The molecule has 0 fully saturated rings. The molecule has 124 valence electrons. The van der Waals surface area contributed by atoms with Gasteiger partial charge in [0.2, 0.25) is 0 Å². The summed E-state index contributed by atoms with van der Waals surface area (Å²) in [7, 11) is 0. The van der Waals surface area contributed by atoms with Crippen molar-refractivity contribution in [3.05, 3.63) is 48.9 Å². The number of nitro groups is 1. The molecule has 0 bridgehead atoms. The summed E-state index contributed by atoms with van der Waals surface area (Å²) in [4.78, 5) is 14.1. The van der Waals surface area contributed by atoms with Crippen LogP contribution in [0.15, 0.2) is 17.5 Å². The van der Waals surface area contributed by atoms with Crippen LogP contribution >= 0.6 is 22.9 Å². The molecule has 1 heterocycles. The van der Waals surface area contributed by atoms with Crippen molar-refractivity contribution in [1.29, 1.82) is 0 Å². The number of hydrogen-bond donors (Lipinski definition) is 2. The Morgan fingerprint density at radius 2 is 2.13 bits per heavy atom. The van der Waals surface area contributed by atoms with Crippen LogP contribution in [0.2, 0.25) is 5.02 Å². The number of aliphatic hydroxyl groups is 1. The van der Waals surface area contributed by atoms with E-state index in [4.69, 9.17) is 16.7 Å². The van der Waals surface area contributed by atoms with Gasteiger partial charge in [-0.25, -0.2) is 4.98 Å². The van der Waals surface area contributed by atoms with Crippen LogP contribution in [0.3, 0.4) is 0 Å². The number of halogens is 4. The van der Waals surface area contributed by atoms with Crippen LogP contribution in [0.4, 0.5) is 24.5 Å². The van der Waals surface area contributed by atoms with Crippen LogP contribution in [-0.4, -0.2) is 15.0 Å². The molecule has 0 aliphatic rings. The van der Waals surface area contributed by atoms with E-state index in [1.807, 2.05) is 0 Å². The van der Waals surface area contributed by atoms with Gasteiger partial charge in [0, 0.05) is 11.4 Å². The number of aromatic nitrogens is 1. The standard InChI is InChI=1S/C12H9ClF3N3O3S/c13-8-2-9(17-3-11-18-6(4-20)5-23-11)10(19(21)22)1-7(8)12(14,15)16/h1-2,5,17,20H,3-4H2. The smallest absolute Gasteiger partial charge is 0.390 e. The van der Waals surface area contributed by atoms with Gasteiger partial charge in [-0.2, -0.15) is 13.2 Å². The third-order valence-electron chi connectivity index (χ3n) is 2.78. The highest BCUT2D eigenvalue weighted by Gasteiger charge is 2.36. The lowest BCUT2D eigenvalue weighted by atomic mass is 10.1. The Hall–Kier alpha value is -1.91. The van der Waals surface area contributed by atoms with Crippen molar-refractivity contribution in [1.82, 2.24) is 4.98 Å². The van der Waals surface area contributed by atoms with E-state index in [0.29, 0.717) is 16.8 Å². The first-order chi connectivity index (χ1) is 10.7. The highest BCUT2D eigenvalue weighted by molar-refractivity contribution is 7.09. The predicted octanol–water partition coefficient (Wildman–Crippen LogP) is 3.83. The van der Waals surface area contributed by atoms with E-state index in [-0.39, 0.29) is 18.8 Å². The van der Waals surface area contributed by atoms with Gasteiger partial charge < -0.3 is 10.4 Å². The average Bonchev–Trinajstić information content (AvgIpc) is 2.91. The van der Waals surface area contributed by atoms with Crippen molar-refractivity contribution >= 4 is 34.3 Å². The zero-order valence-electron chi connectivity index (χ0n) is 11.2. The summed E-state index contributed by atoms with van der Waals surface area (Å²) < 4.78 is 38.3. The number of alkyl halides is 3. The van der Waals surface area contributed by atoms with Gasteiger partial charge in [0.15, 0.2) is 0 Å². The van der Waals surface area contributed by atoms with Crippen molar-refractivity contribution in [2.24, 2.45) is 0 Å². The summed E-state index contributed by atoms with van der Waals surface area (Å²) >= 11 is 6.77. The molecular weight excluding hydrogens is 359 g/mol. The van der Waals surface area contributed by atoms with E-state index in [1.54, 1.807) is 5.38 Å². The molecule has 0 aliphatic heterocycles. The van der Waals surface area contributed by atoms with E-state index in [1.165, 1.54) is 11.3 Å². The summed E-state index contributed by atoms with van der Waals surface area (Å²) in [6, 6.07) is 1.26.